The van der Waals surface area contributed by atoms with E-state index in [1.807, 2.05) is 24.4 Å². The SMILES string of the molecule is Cc1cc([C@@H]2[C@H](c3ccccn3)NC(=S)N2c2ccccc2)c(C)n1CCCN1CCOCC1. The van der Waals surface area contributed by atoms with Gasteiger partial charge in [0.25, 0.3) is 0 Å². The summed E-state index contributed by atoms with van der Waals surface area (Å²) < 4.78 is 7.96. The predicted molar refractivity (Wildman–Crippen MR) is 140 cm³/mol. The van der Waals surface area contributed by atoms with Crippen LogP contribution >= 0.6 is 12.2 Å². The zero-order valence-electron chi connectivity index (χ0n) is 20.0. The van der Waals surface area contributed by atoms with Crippen LogP contribution in [0.5, 0.6) is 0 Å². The van der Waals surface area contributed by atoms with Gasteiger partial charge in [-0.05, 0) is 68.4 Å². The molecule has 4 heterocycles. The molecule has 0 unspecified atom stereocenters. The minimum absolute atomic E-state index is 0.0174. The minimum atomic E-state index is -0.0174. The van der Waals surface area contributed by atoms with Crippen molar-refractivity contribution in [1.82, 2.24) is 19.8 Å². The fourth-order valence-corrected chi connectivity index (χ4v) is 5.63. The fraction of sp³-hybridized carbons (Fsp3) is 0.407. The average molecular weight is 476 g/mol. The predicted octanol–water partition coefficient (Wildman–Crippen LogP) is 4.40. The molecular formula is C27H33N5OS. The number of ether oxygens (including phenoxy) is 1. The molecule has 1 N–H and O–H groups in total. The molecule has 5 rings (SSSR count). The van der Waals surface area contributed by atoms with Crippen LogP contribution in [0.1, 0.15) is 41.1 Å². The first-order valence-electron chi connectivity index (χ1n) is 12.2. The summed E-state index contributed by atoms with van der Waals surface area (Å²) in [7, 11) is 0. The zero-order valence-corrected chi connectivity index (χ0v) is 20.8. The Labute approximate surface area is 207 Å². The lowest BCUT2D eigenvalue weighted by atomic mass is 9.96. The van der Waals surface area contributed by atoms with Gasteiger partial charge in [-0.2, -0.15) is 0 Å². The number of nitrogens with one attached hydrogen (secondary N) is 1. The van der Waals surface area contributed by atoms with Gasteiger partial charge in [0.15, 0.2) is 5.11 Å². The van der Waals surface area contributed by atoms with Crippen LogP contribution in [-0.2, 0) is 11.3 Å². The third kappa shape index (κ3) is 4.60. The topological polar surface area (TPSA) is 45.6 Å². The van der Waals surface area contributed by atoms with Gasteiger partial charge in [-0.1, -0.05) is 24.3 Å². The Morgan fingerprint density at radius 1 is 1.03 bits per heavy atom. The van der Waals surface area contributed by atoms with Crippen LogP contribution in [0, 0.1) is 13.8 Å². The van der Waals surface area contributed by atoms with Crippen molar-refractivity contribution in [3.8, 4) is 0 Å². The number of aryl methyl sites for hydroxylation is 1. The number of pyridine rings is 1. The monoisotopic (exact) mass is 475 g/mol. The van der Waals surface area contributed by atoms with Crippen LogP contribution in [0.25, 0.3) is 0 Å². The second kappa shape index (κ2) is 10.3. The van der Waals surface area contributed by atoms with Crippen LogP contribution in [-0.4, -0.2) is 52.4 Å². The molecule has 1 aromatic carbocycles. The molecule has 2 saturated heterocycles. The van der Waals surface area contributed by atoms with Gasteiger partial charge in [0.2, 0.25) is 0 Å². The standard InChI is InChI=1S/C27H33N5OS/c1-20-19-23(21(2)31(20)14-8-13-30-15-17-33-18-16-30)26-25(24-11-6-7-12-28-24)29-27(34)32(26)22-9-4-3-5-10-22/h3-7,9-12,19,25-26H,8,13-18H2,1-2H3,(H,29,34)/t25-,26+/m0/s1. The Morgan fingerprint density at radius 2 is 1.79 bits per heavy atom. The van der Waals surface area contributed by atoms with Crippen LogP contribution < -0.4 is 10.2 Å². The number of rotatable bonds is 7. The fourth-order valence-electron chi connectivity index (χ4n) is 5.29. The molecule has 2 aliphatic rings. The lowest BCUT2D eigenvalue weighted by Gasteiger charge is -2.28. The van der Waals surface area contributed by atoms with E-state index in [1.54, 1.807) is 0 Å². The Morgan fingerprint density at radius 3 is 2.53 bits per heavy atom. The number of anilines is 1. The highest BCUT2D eigenvalue weighted by atomic mass is 32.1. The van der Waals surface area contributed by atoms with Crippen molar-refractivity contribution in [3.63, 3.8) is 0 Å². The summed E-state index contributed by atoms with van der Waals surface area (Å²) in [5.74, 6) is 0. The molecule has 34 heavy (non-hydrogen) atoms. The molecule has 0 bridgehead atoms. The van der Waals surface area contributed by atoms with E-state index in [1.165, 1.54) is 17.0 Å². The van der Waals surface area contributed by atoms with Crippen molar-refractivity contribution >= 4 is 23.0 Å². The summed E-state index contributed by atoms with van der Waals surface area (Å²) in [5, 5.41) is 4.32. The number of para-hydroxylation sites is 1. The summed E-state index contributed by atoms with van der Waals surface area (Å²) in [6, 6.07) is 18.9. The Bertz CT molecular complexity index is 1110. The summed E-state index contributed by atoms with van der Waals surface area (Å²) in [4.78, 5) is 9.45. The molecule has 6 nitrogen and oxygen atoms in total. The number of nitrogens with zero attached hydrogens (tertiary/aromatic N) is 4. The molecule has 2 fully saturated rings. The largest absolute Gasteiger partial charge is 0.379 e. The second-order valence-corrected chi connectivity index (χ2v) is 9.50. The van der Waals surface area contributed by atoms with E-state index in [-0.39, 0.29) is 12.1 Å². The van der Waals surface area contributed by atoms with Crippen LogP contribution in [0.4, 0.5) is 5.69 Å². The Balaban J connectivity index is 1.45. The van der Waals surface area contributed by atoms with Crippen LogP contribution in [0.15, 0.2) is 60.8 Å². The van der Waals surface area contributed by atoms with Gasteiger partial charge in [0.05, 0.1) is 31.0 Å². The third-order valence-corrected chi connectivity index (χ3v) is 7.34. The molecule has 2 aliphatic heterocycles. The zero-order chi connectivity index (χ0) is 23.5. The first kappa shape index (κ1) is 23.0. The van der Waals surface area contributed by atoms with Crippen LogP contribution in [0.3, 0.4) is 0 Å². The number of thiocarbonyl (C=S) groups is 1. The number of benzene rings is 1. The molecule has 0 radical (unpaired) electrons. The maximum Gasteiger partial charge on any atom is 0.174 e. The lowest BCUT2D eigenvalue weighted by Crippen LogP contribution is -2.37. The number of hydrogen-bond acceptors (Lipinski definition) is 4. The van der Waals surface area contributed by atoms with Gasteiger partial charge >= 0.3 is 0 Å². The molecule has 2 atom stereocenters. The summed E-state index contributed by atoms with van der Waals surface area (Å²) in [6.45, 7) is 10.4. The first-order chi connectivity index (χ1) is 16.6. The smallest absolute Gasteiger partial charge is 0.174 e. The third-order valence-electron chi connectivity index (χ3n) is 7.02. The molecule has 7 heteroatoms. The summed E-state index contributed by atoms with van der Waals surface area (Å²) >= 11 is 5.87. The van der Waals surface area contributed by atoms with E-state index in [2.05, 4.69) is 74.9 Å². The Kier molecular flexibility index (Phi) is 6.94. The van der Waals surface area contributed by atoms with Crippen molar-refractivity contribution in [1.29, 1.82) is 0 Å². The van der Waals surface area contributed by atoms with E-state index in [4.69, 9.17) is 17.0 Å². The second-order valence-electron chi connectivity index (χ2n) is 9.12. The molecule has 0 spiro atoms. The highest BCUT2D eigenvalue weighted by Crippen LogP contribution is 2.43. The van der Waals surface area contributed by atoms with Gasteiger partial charge in [-0.3, -0.25) is 9.88 Å². The van der Waals surface area contributed by atoms with Gasteiger partial charge in [0, 0.05) is 49.5 Å². The van der Waals surface area contributed by atoms with Crippen molar-refractivity contribution in [3.05, 3.63) is 83.4 Å². The average Bonchev–Trinajstić information content (AvgIpc) is 3.36. The van der Waals surface area contributed by atoms with Gasteiger partial charge < -0.3 is 19.5 Å². The van der Waals surface area contributed by atoms with Crippen molar-refractivity contribution in [2.45, 2.75) is 38.9 Å². The molecule has 0 saturated carbocycles. The van der Waals surface area contributed by atoms with E-state index >= 15 is 0 Å². The molecule has 0 amide bonds. The molecule has 178 valence electrons. The number of aromatic nitrogens is 2. The van der Waals surface area contributed by atoms with Crippen LogP contribution in [0.2, 0.25) is 0 Å². The first-order valence-corrected chi connectivity index (χ1v) is 12.6. The summed E-state index contributed by atoms with van der Waals surface area (Å²) in [5.41, 5.74) is 6.00. The maximum atomic E-state index is 5.87. The van der Waals surface area contributed by atoms with Gasteiger partial charge in [0.1, 0.15) is 0 Å². The normalized spacial score (nSPS) is 21.1. The molecule has 0 aliphatic carbocycles. The minimum Gasteiger partial charge on any atom is -0.379 e. The van der Waals surface area contributed by atoms with E-state index in [0.29, 0.717) is 0 Å². The molecule has 2 aromatic heterocycles. The maximum absolute atomic E-state index is 5.87. The Hall–Kier alpha value is -2.74. The van der Waals surface area contributed by atoms with Gasteiger partial charge in [-0.25, -0.2) is 0 Å². The van der Waals surface area contributed by atoms with Crippen molar-refractivity contribution < 1.29 is 4.74 Å². The quantitative estimate of drug-likeness (QED) is 0.511. The van der Waals surface area contributed by atoms with Gasteiger partial charge in [-0.15, -0.1) is 0 Å². The highest BCUT2D eigenvalue weighted by molar-refractivity contribution is 7.80. The number of hydrogen-bond donors (Lipinski definition) is 1. The van der Waals surface area contributed by atoms with Crippen molar-refractivity contribution in [2.75, 3.05) is 37.7 Å². The molecular weight excluding hydrogens is 442 g/mol. The number of morpholine rings is 1. The summed E-state index contributed by atoms with van der Waals surface area (Å²) in [6.07, 6.45) is 2.99. The molecule has 3 aromatic rings. The van der Waals surface area contributed by atoms with E-state index in [0.717, 1.165) is 62.3 Å². The lowest BCUT2D eigenvalue weighted by molar-refractivity contribution is 0.0369. The van der Waals surface area contributed by atoms with Crippen molar-refractivity contribution in [2.24, 2.45) is 0 Å². The van der Waals surface area contributed by atoms with E-state index < -0.39 is 0 Å². The van der Waals surface area contributed by atoms with E-state index in [9.17, 15) is 0 Å². The highest BCUT2D eigenvalue weighted by Gasteiger charge is 2.42.